The Morgan fingerprint density at radius 1 is 0.882 bits per heavy atom. The zero-order chi connectivity index (χ0) is 24.3. The van der Waals surface area contributed by atoms with Crippen molar-refractivity contribution in [3.8, 4) is 5.75 Å². The third-order valence-electron chi connectivity index (χ3n) is 5.50. The Kier molecular flexibility index (Phi) is 9.27. The Morgan fingerprint density at radius 2 is 1.53 bits per heavy atom. The van der Waals surface area contributed by atoms with E-state index in [-0.39, 0.29) is 18.4 Å². The minimum Gasteiger partial charge on any atom is -0.484 e. The van der Waals surface area contributed by atoms with Crippen LogP contribution in [0.5, 0.6) is 5.75 Å². The summed E-state index contributed by atoms with van der Waals surface area (Å²) < 4.78 is 5.77. The predicted octanol–water partition coefficient (Wildman–Crippen LogP) is 4.79. The highest BCUT2D eigenvalue weighted by atomic mass is 16.5. The van der Waals surface area contributed by atoms with E-state index >= 15 is 0 Å². The highest BCUT2D eigenvalue weighted by Crippen LogP contribution is 2.17. The van der Waals surface area contributed by atoms with Gasteiger partial charge in [-0.3, -0.25) is 9.59 Å². The number of amides is 2. The summed E-state index contributed by atoms with van der Waals surface area (Å²) in [6, 6.07) is 26.4. The molecule has 0 saturated heterocycles. The summed E-state index contributed by atoms with van der Waals surface area (Å²) in [5.74, 6) is 0.545. The Hall–Kier alpha value is -3.60. The first-order chi connectivity index (χ1) is 16.4. The van der Waals surface area contributed by atoms with Crippen LogP contribution in [0.15, 0.2) is 84.9 Å². The summed E-state index contributed by atoms with van der Waals surface area (Å²) in [6.07, 6.45) is 0.424. The summed E-state index contributed by atoms with van der Waals surface area (Å²) in [7, 11) is 0. The SMILES string of the molecule is Cc1cccc(CN(C(=O)COc2ccccc2)[C@H](Cc2ccccc2)C(=O)NCC(C)C)c1. The fraction of sp³-hybridized carbons (Fsp3) is 0.310. The smallest absolute Gasteiger partial charge is 0.261 e. The van der Waals surface area contributed by atoms with Crippen LogP contribution in [-0.4, -0.2) is 35.9 Å². The number of para-hydroxylation sites is 1. The van der Waals surface area contributed by atoms with Crippen molar-refractivity contribution in [3.05, 3.63) is 102 Å². The van der Waals surface area contributed by atoms with Crippen molar-refractivity contribution < 1.29 is 14.3 Å². The Balaban J connectivity index is 1.89. The van der Waals surface area contributed by atoms with Crippen molar-refractivity contribution in [2.24, 2.45) is 5.92 Å². The van der Waals surface area contributed by atoms with Gasteiger partial charge in [0.2, 0.25) is 5.91 Å². The molecule has 0 radical (unpaired) electrons. The van der Waals surface area contributed by atoms with E-state index in [1.807, 2.05) is 91.9 Å². The Morgan fingerprint density at radius 3 is 2.18 bits per heavy atom. The number of nitrogens with zero attached hydrogens (tertiary/aromatic N) is 1. The summed E-state index contributed by atoms with van der Waals surface area (Å²) in [5, 5.41) is 3.04. The molecule has 1 atom stereocenters. The standard InChI is InChI=1S/C29H34N2O3/c1-22(2)19-30-29(33)27(18-24-12-6-4-7-13-24)31(20-25-14-10-11-23(3)17-25)28(32)21-34-26-15-8-5-9-16-26/h4-17,22,27H,18-21H2,1-3H3,(H,30,33)/t27-/m1/s1. The molecule has 2 amide bonds. The molecule has 3 rings (SSSR count). The van der Waals surface area contributed by atoms with Crippen molar-refractivity contribution in [3.63, 3.8) is 0 Å². The predicted molar refractivity (Wildman–Crippen MR) is 135 cm³/mol. The van der Waals surface area contributed by atoms with E-state index in [0.717, 1.165) is 16.7 Å². The van der Waals surface area contributed by atoms with Crippen LogP contribution < -0.4 is 10.1 Å². The summed E-state index contributed by atoms with van der Waals surface area (Å²) in [4.78, 5) is 28.5. The average molecular weight is 459 g/mol. The van der Waals surface area contributed by atoms with E-state index in [0.29, 0.717) is 31.2 Å². The molecule has 3 aromatic carbocycles. The van der Waals surface area contributed by atoms with Gasteiger partial charge in [0.25, 0.3) is 5.91 Å². The van der Waals surface area contributed by atoms with Crippen molar-refractivity contribution in [2.45, 2.75) is 39.8 Å². The third-order valence-corrected chi connectivity index (χ3v) is 5.50. The van der Waals surface area contributed by atoms with Gasteiger partial charge in [-0.1, -0.05) is 92.2 Å². The van der Waals surface area contributed by atoms with Crippen molar-refractivity contribution in [2.75, 3.05) is 13.2 Å². The lowest BCUT2D eigenvalue weighted by atomic mass is 10.0. The lowest BCUT2D eigenvalue weighted by molar-refractivity contribution is -0.142. The number of nitrogens with one attached hydrogen (secondary N) is 1. The molecule has 0 aromatic heterocycles. The van der Waals surface area contributed by atoms with Gasteiger partial charge in [-0.05, 0) is 36.1 Å². The molecule has 0 aliphatic rings. The Labute approximate surface area is 202 Å². The van der Waals surface area contributed by atoms with E-state index in [1.54, 1.807) is 4.90 Å². The molecule has 5 heteroatoms. The zero-order valence-electron chi connectivity index (χ0n) is 20.2. The van der Waals surface area contributed by atoms with Gasteiger partial charge < -0.3 is 15.0 Å². The summed E-state index contributed by atoms with van der Waals surface area (Å²) in [5.41, 5.74) is 3.08. The van der Waals surface area contributed by atoms with E-state index in [1.165, 1.54) is 0 Å². The normalized spacial score (nSPS) is 11.6. The molecule has 5 nitrogen and oxygen atoms in total. The molecule has 0 aliphatic heterocycles. The molecule has 0 heterocycles. The lowest BCUT2D eigenvalue weighted by Gasteiger charge is -2.31. The van der Waals surface area contributed by atoms with E-state index < -0.39 is 6.04 Å². The van der Waals surface area contributed by atoms with E-state index in [9.17, 15) is 9.59 Å². The number of ether oxygens (including phenoxy) is 1. The van der Waals surface area contributed by atoms with Gasteiger partial charge >= 0.3 is 0 Å². The van der Waals surface area contributed by atoms with Crippen LogP contribution in [0, 0.1) is 12.8 Å². The maximum Gasteiger partial charge on any atom is 0.261 e. The molecule has 178 valence electrons. The average Bonchev–Trinajstić information content (AvgIpc) is 2.84. The van der Waals surface area contributed by atoms with Gasteiger partial charge in [-0.25, -0.2) is 0 Å². The Bertz CT molecular complexity index is 1050. The van der Waals surface area contributed by atoms with Gasteiger partial charge in [0.05, 0.1) is 0 Å². The van der Waals surface area contributed by atoms with Crippen LogP contribution in [0.4, 0.5) is 0 Å². The van der Waals surface area contributed by atoms with Gasteiger partial charge in [0.15, 0.2) is 6.61 Å². The van der Waals surface area contributed by atoms with Gasteiger partial charge in [-0.2, -0.15) is 0 Å². The largest absolute Gasteiger partial charge is 0.484 e. The van der Waals surface area contributed by atoms with Crippen LogP contribution in [0.25, 0.3) is 0 Å². The minimum absolute atomic E-state index is 0.140. The molecule has 34 heavy (non-hydrogen) atoms. The first-order valence-corrected chi connectivity index (χ1v) is 11.8. The quantitative estimate of drug-likeness (QED) is 0.450. The van der Waals surface area contributed by atoms with Gasteiger partial charge in [0, 0.05) is 19.5 Å². The number of rotatable bonds is 11. The maximum absolute atomic E-state index is 13.5. The fourth-order valence-corrected chi connectivity index (χ4v) is 3.73. The zero-order valence-corrected chi connectivity index (χ0v) is 20.2. The van der Waals surface area contributed by atoms with E-state index in [2.05, 4.69) is 19.2 Å². The molecule has 0 bridgehead atoms. The number of aryl methyl sites for hydroxylation is 1. The number of hydrogen-bond donors (Lipinski definition) is 1. The van der Waals surface area contributed by atoms with Crippen molar-refractivity contribution >= 4 is 11.8 Å². The van der Waals surface area contributed by atoms with Crippen molar-refractivity contribution in [1.29, 1.82) is 0 Å². The first kappa shape index (κ1) is 25.0. The molecular formula is C29H34N2O3. The highest BCUT2D eigenvalue weighted by molar-refractivity contribution is 5.88. The number of benzene rings is 3. The molecular weight excluding hydrogens is 424 g/mol. The fourth-order valence-electron chi connectivity index (χ4n) is 3.73. The monoisotopic (exact) mass is 458 g/mol. The van der Waals surface area contributed by atoms with Crippen LogP contribution >= 0.6 is 0 Å². The maximum atomic E-state index is 13.5. The summed E-state index contributed by atoms with van der Waals surface area (Å²) >= 11 is 0. The topological polar surface area (TPSA) is 58.6 Å². The van der Waals surface area contributed by atoms with Gasteiger partial charge in [-0.15, -0.1) is 0 Å². The lowest BCUT2D eigenvalue weighted by Crippen LogP contribution is -2.52. The molecule has 0 fully saturated rings. The summed E-state index contributed by atoms with van der Waals surface area (Å²) in [6.45, 7) is 6.86. The molecule has 0 aliphatic carbocycles. The number of hydrogen-bond acceptors (Lipinski definition) is 3. The molecule has 3 aromatic rings. The van der Waals surface area contributed by atoms with Crippen molar-refractivity contribution in [1.82, 2.24) is 10.2 Å². The van der Waals surface area contributed by atoms with Crippen LogP contribution in [0.1, 0.15) is 30.5 Å². The molecule has 1 N–H and O–H groups in total. The molecule has 0 saturated carbocycles. The first-order valence-electron chi connectivity index (χ1n) is 11.8. The molecule has 0 spiro atoms. The second-order valence-electron chi connectivity index (χ2n) is 8.96. The highest BCUT2D eigenvalue weighted by Gasteiger charge is 2.30. The van der Waals surface area contributed by atoms with Crippen LogP contribution in [0.3, 0.4) is 0 Å². The number of carbonyl (C=O) groups excluding carboxylic acids is 2. The number of carbonyl (C=O) groups is 2. The van der Waals surface area contributed by atoms with E-state index in [4.69, 9.17) is 4.74 Å². The minimum atomic E-state index is -0.659. The second-order valence-corrected chi connectivity index (χ2v) is 8.96. The second kappa shape index (κ2) is 12.6. The van der Waals surface area contributed by atoms with Gasteiger partial charge in [0.1, 0.15) is 11.8 Å². The molecule has 0 unspecified atom stereocenters. The van der Waals surface area contributed by atoms with Crippen LogP contribution in [-0.2, 0) is 22.6 Å². The van der Waals surface area contributed by atoms with Crippen LogP contribution in [0.2, 0.25) is 0 Å². The third kappa shape index (κ3) is 7.77.